The molecule has 118 valence electrons. The Balaban J connectivity index is 2.06. The molecule has 4 nitrogen and oxygen atoms in total. The number of nitrogens with zero attached hydrogens (tertiary/aromatic N) is 3. The molecule has 1 unspecified atom stereocenters. The van der Waals surface area contributed by atoms with E-state index >= 15 is 0 Å². The van der Waals surface area contributed by atoms with Crippen LogP contribution >= 0.6 is 0 Å². The molecular weight excluding hydrogens is 267 g/mol. The Hall–Kier alpha value is -1.20. The van der Waals surface area contributed by atoms with E-state index in [1.165, 1.54) is 12.8 Å². The Morgan fingerprint density at radius 2 is 2.29 bits per heavy atom. The minimum absolute atomic E-state index is 0.200. The van der Waals surface area contributed by atoms with E-state index in [1.54, 1.807) is 12.3 Å². The number of aromatic nitrogens is 1. The predicted molar refractivity (Wildman–Crippen MR) is 85.1 cm³/mol. The Kier molecular flexibility index (Phi) is 5.53. The summed E-state index contributed by atoms with van der Waals surface area (Å²) < 4.78 is 14.6. The monoisotopic (exact) mass is 294 g/mol. The lowest BCUT2D eigenvalue weighted by Gasteiger charge is -2.27. The Morgan fingerprint density at radius 3 is 2.90 bits per heavy atom. The van der Waals surface area contributed by atoms with Gasteiger partial charge in [0.2, 0.25) is 0 Å². The maximum Gasteiger partial charge on any atom is 0.170 e. The maximum absolute atomic E-state index is 14.6. The van der Waals surface area contributed by atoms with Crippen molar-refractivity contribution in [3.05, 3.63) is 23.6 Å². The molecule has 0 bridgehead atoms. The van der Waals surface area contributed by atoms with Gasteiger partial charge in [-0.1, -0.05) is 13.8 Å². The smallest absolute Gasteiger partial charge is 0.170 e. The van der Waals surface area contributed by atoms with Gasteiger partial charge in [0, 0.05) is 44.0 Å². The SMILES string of the molecule is CC(C)NCc1ccnc(N(C)CC2CCCN2C)c1F. The van der Waals surface area contributed by atoms with Crippen molar-refractivity contribution in [3.63, 3.8) is 0 Å². The van der Waals surface area contributed by atoms with Crippen molar-refractivity contribution >= 4 is 5.82 Å². The second-order valence-electron chi connectivity index (χ2n) is 6.30. The normalized spacial score (nSPS) is 19.4. The van der Waals surface area contributed by atoms with Crippen LogP contribution in [0.3, 0.4) is 0 Å². The quantitative estimate of drug-likeness (QED) is 0.872. The minimum atomic E-state index is -0.200. The van der Waals surface area contributed by atoms with Crippen molar-refractivity contribution < 1.29 is 4.39 Å². The van der Waals surface area contributed by atoms with Gasteiger partial charge in [0.1, 0.15) is 0 Å². The molecule has 1 N–H and O–H groups in total. The molecular formula is C16H27FN4. The molecule has 1 aliphatic rings. The molecule has 1 saturated heterocycles. The van der Waals surface area contributed by atoms with E-state index in [0.29, 0.717) is 30.0 Å². The highest BCUT2D eigenvalue weighted by molar-refractivity contribution is 5.42. The van der Waals surface area contributed by atoms with E-state index in [0.717, 1.165) is 13.1 Å². The first-order chi connectivity index (χ1) is 9.99. The van der Waals surface area contributed by atoms with E-state index in [-0.39, 0.29) is 5.82 Å². The van der Waals surface area contributed by atoms with Crippen LogP contribution in [0.15, 0.2) is 12.3 Å². The number of halogens is 1. The fourth-order valence-electron chi connectivity index (χ4n) is 2.80. The third-order valence-corrected chi connectivity index (χ3v) is 4.17. The van der Waals surface area contributed by atoms with Crippen LogP contribution in [0.5, 0.6) is 0 Å². The molecule has 1 atom stereocenters. The largest absolute Gasteiger partial charge is 0.356 e. The van der Waals surface area contributed by atoms with E-state index in [9.17, 15) is 4.39 Å². The number of pyridine rings is 1. The highest BCUT2D eigenvalue weighted by atomic mass is 19.1. The van der Waals surface area contributed by atoms with Gasteiger partial charge < -0.3 is 15.1 Å². The molecule has 1 fully saturated rings. The average Bonchev–Trinajstić information content (AvgIpc) is 2.83. The number of rotatable bonds is 6. The number of likely N-dealkylation sites (N-methyl/N-ethyl adjacent to an activating group) is 2. The molecule has 0 saturated carbocycles. The number of likely N-dealkylation sites (tertiary alicyclic amines) is 1. The summed E-state index contributed by atoms with van der Waals surface area (Å²) in [6.45, 7) is 6.61. The van der Waals surface area contributed by atoms with Crippen LogP contribution in [0.2, 0.25) is 0 Å². The van der Waals surface area contributed by atoms with Crippen LogP contribution in [-0.2, 0) is 6.54 Å². The third-order valence-electron chi connectivity index (χ3n) is 4.17. The Morgan fingerprint density at radius 1 is 1.52 bits per heavy atom. The van der Waals surface area contributed by atoms with Gasteiger partial charge in [-0.15, -0.1) is 0 Å². The van der Waals surface area contributed by atoms with Crippen molar-refractivity contribution in [1.82, 2.24) is 15.2 Å². The van der Waals surface area contributed by atoms with Gasteiger partial charge in [-0.3, -0.25) is 0 Å². The molecule has 2 rings (SSSR count). The first-order valence-corrected chi connectivity index (χ1v) is 7.77. The van der Waals surface area contributed by atoms with Crippen LogP contribution in [-0.4, -0.2) is 49.2 Å². The van der Waals surface area contributed by atoms with Crippen molar-refractivity contribution in [2.24, 2.45) is 0 Å². The highest BCUT2D eigenvalue weighted by Crippen LogP contribution is 2.22. The van der Waals surface area contributed by atoms with Crippen LogP contribution < -0.4 is 10.2 Å². The van der Waals surface area contributed by atoms with E-state index in [4.69, 9.17) is 0 Å². The van der Waals surface area contributed by atoms with Gasteiger partial charge in [0.15, 0.2) is 11.6 Å². The summed E-state index contributed by atoms with van der Waals surface area (Å²) in [6.07, 6.45) is 4.10. The van der Waals surface area contributed by atoms with Crippen LogP contribution in [0.1, 0.15) is 32.3 Å². The number of nitrogens with one attached hydrogen (secondary N) is 1. The summed E-state index contributed by atoms with van der Waals surface area (Å²) in [7, 11) is 4.06. The molecule has 1 aromatic heterocycles. The topological polar surface area (TPSA) is 31.4 Å². The van der Waals surface area contributed by atoms with E-state index < -0.39 is 0 Å². The Labute approximate surface area is 127 Å². The summed E-state index contributed by atoms with van der Waals surface area (Å²) in [5.74, 6) is 0.257. The third kappa shape index (κ3) is 4.14. The molecule has 0 radical (unpaired) electrons. The Bertz CT molecular complexity index is 464. The molecule has 21 heavy (non-hydrogen) atoms. The van der Waals surface area contributed by atoms with Gasteiger partial charge in [-0.2, -0.15) is 0 Å². The number of anilines is 1. The summed E-state index contributed by atoms with van der Waals surface area (Å²) in [4.78, 5) is 8.53. The second-order valence-corrected chi connectivity index (χ2v) is 6.30. The van der Waals surface area contributed by atoms with Gasteiger partial charge in [0.05, 0.1) is 0 Å². The lowest BCUT2D eigenvalue weighted by atomic mass is 10.2. The fraction of sp³-hybridized carbons (Fsp3) is 0.688. The second kappa shape index (κ2) is 7.18. The lowest BCUT2D eigenvalue weighted by molar-refractivity contribution is 0.313. The molecule has 1 aromatic rings. The molecule has 2 heterocycles. The van der Waals surface area contributed by atoms with E-state index in [2.05, 4.69) is 36.1 Å². The van der Waals surface area contributed by atoms with Crippen LogP contribution in [0.25, 0.3) is 0 Å². The van der Waals surface area contributed by atoms with Crippen molar-refractivity contribution in [2.75, 3.05) is 32.1 Å². The summed E-state index contributed by atoms with van der Waals surface area (Å²) >= 11 is 0. The van der Waals surface area contributed by atoms with Crippen LogP contribution in [0, 0.1) is 5.82 Å². The fourth-order valence-corrected chi connectivity index (χ4v) is 2.80. The first kappa shape index (κ1) is 16.2. The highest BCUT2D eigenvalue weighted by Gasteiger charge is 2.24. The maximum atomic E-state index is 14.6. The first-order valence-electron chi connectivity index (χ1n) is 7.77. The zero-order chi connectivity index (χ0) is 15.4. The lowest BCUT2D eigenvalue weighted by Crippen LogP contribution is -2.37. The van der Waals surface area contributed by atoms with Gasteiger partial charge in [0.25, 0.3) is 0 Å². The van der Waals surface area contributed by atoms with Crippen molar-refractivity contribution in [2.45, 2.75) is 45.3 Å². The molecule has 5 heteroatoms. The van der Waals surface area contributed by atoms with Gasteiger partial charge in [-0.05, 0) is 32.5 Å². The molecule has 0 aromatic carbocycles. The summed E-state index contributed by atoms with van der Waals surface area (Å²) in [5, 5.41) is 3.25. The van der Waals surface area contributed by atoms with Gasteiger partial charge >= 0.3 is 0 Å². The summed E-state index contributed by atoms with van der Waals surface area (Å²) in [5.41, 5.74) is 0.681. The summed E-state index contributed by atoms with van der Waals surface area (Å²) in [6, 6.07) is 2.59. The zero-order valence-corrected chi connectivity index (χ0v) is 13.6. The standard InChI is InChI=1S/C16H27FN4/c1-12(2)19-10-13-7-8-18-16(15(13)17)21(4)11-14-6-5-9-20(14)3/h7-8,12,14,19H,5-6,9-11H2,1-4H3. The molecule has 1 aliphatic heterocycles. The molecule has 0 spiro atoms. The van der Waals surface area contributed by atoms with Gasteiger partial charge in [-0.25, -0.2) is 9.37 Å². The molecule has 0 aliphatic carbocycles. The predicted octanol–water partition coefficient (Wildman–Crippen LogP) is 2.25. The number of hydrogen-bond acceptors (Lipinski definition) is 4. The van der Waals surface area contributed by atoms with Crippen molar-refractivity contribution in [3.8, 4) is 0 Å². The minimum Gasteiger partial charge on any atom is -0.356 e. The average molecular weight is 294 g/mol. The van der Waals surface area contributed by atoms with Crippen LogP contribution in [0.4, 0.5) is 10.2 Å². The van der Waals surface area contributed by atoms with Crippen molar-refractivity contribution in [1.29, 1.82) is 0 Å². The van der Waals surface area contributed by atoms with E-state index in [1.807, 2.05) is 11.9 Å². The zero-order valence-electron chi connectivity index (χ0n) is 13.6. The molecule has 0 amide bonds. The number of hydrogen-bond donors (Lipinski definition) is 1.